The fourth-order valence-electron chi connectivity index (χ4n) is 1.53. The van der Waals surface area contributed by atoms with E-state index in [1.54, 1.807) is 24.3 Å². The summed E-state index contributed by atoms with van der Waals surface area (Å²) in [4.78, 5) is 20.1. The molecule has 106 valence electrons. The molecule has 0 aromatic carbocycles. The number of rotatable bonds is 3. The van der Waals surface area contributed by atoms with Crippen molar-refractivity contribution in [1.29, 1.82) is 0 Å². The zero-order chi connectivity index (χ0) is 15.1. The maximum absolute atomic E-state index is 12.0. The summed E-state index contributed by atoms with van der Waals surface area (Å²) >= 11 is 0. The molecule has 0 aliphatic carbocycles. The van der Waals surface area contributed by atoms with Crippen molar-refractivity contribution < 1.29 is 9.53 Å². The lowest BCUT2D eigenvalue weighted by molar-refractivity contribution is 0.102. The molecule has 2 heterocycles. The summed E-state index contributed by atoms with van der Waals surface area (Å²) < 4.78 is 4.95. The van der Waals surface area contributed by atoms with Crippen LogP contribution in [0.15, 0.2) is 36.7 Å². The van der Waals surface area contributed by atoms with Gasteiger partial charge in [-0.1, -0.05) is 11.8 Å². The summed E-state index contributed by atoms with van der Waals surface area (Å²) in [5.41, 5.74) is 6.86. The highest BCUT2D eigenvalue weighted by molar-refractivity contribution is 6.02. The Kier molecular flexibility index (Phi) is 4.85. The van der Waals surface area contributed by atoms with Crippen LogP contribution in [-0.2, 0) is 0 Å². The molecule has 3 N–H and O–H groups in total. The molecular weight excluding hydrogens is 268 g/mol. The topological polar surface area (TPSA) is 90.1 Å². The maximum atomic E-state index is 12.0. The Morgan fingerprint density at radius 1 is 1.29 bits per heavy atom. The van der Waals surface area contributed by atoms with Crippen LogP contribution in [0, 0.1) is 11.8 Å². The second kappa shape index (κ2) is 7.03. The summed E-state index contributed by atoms with van der Waals surface area (Å²) in [5.74, 6) is 5.72. The molecule has 1 amide bonds. The third-order valence-corrected chi connectivity index (χ3v) is 2.53. The van der Waals surface area contributed by atoms with Crippen molar-refractivity contribution in [3.05, 3.63) is 47.9 Å². The summed E-state index contributed by atoms with van der Waals surface area (Å²) in [6.45, 7) is 0.284. The number of ether oxygens (including phenoxy) is 1. The number of hydrogen-bond donors (Lipinski definition) is 2. The van der Waals surface area contributed by atoms with Gasteiger partial charge in [-0.3, -0.25) is 4.79 Å². The highest BCUT2D eigenvalue weighted by atomic mass is 16.5. The highest BCUT2D eigenvalue weighted by Crippen LogP contribution is 2.12. The van der Waals surface area contributed by atoms with E-state index in [2.05, 4.69) is 27.1 Å². The van der Waals surface area contributed by atoms with Gasteiger partial charge in [-0.25, -0.2) is 9.97 Å². The van der Waals surface area contributed by atoms with Crippen molar-refractivity contribution in [3.8, 4) is 17.7 Å². The predicted octanol–water partition coefficient (Wildman–Crippen LogP) is 1.05. The van der Waals surface area contributed by atoms with E-state index in [4.69, 9.17) is 10.5 Å². The van der Waals surface area contributed by atoms with Crippen LogP contribution >= 0.6 is 0 Å². The number of amides is 1. The van der Waals surface area contributed by atoms with E-state index in [-0.39, 0.29) is 12.5 Å². The molecule has 0 bridgehead atoms. The van der Waals surface area contributed by atoms with Crippen LogP contribution < -0.4 is 15.8 Å². The number of pyridine rings is 2. The van der Waals surface area contributed by atoms with Gasteiger partial charge in [-0.2, -0.15) is 0 Å². The molecule has 6 nitrogen and oxygen atoms in total. The SMILES string of the molecule is COc1ccc(NC(=O)c2ccc(C#CCN)cn2)cn1. The number of carbonyl (C=O) groups excluding carboxylic acids is 1. The van der Waals surface area contributed by atoms with Gasteiger partial charge < -0.3 is 15.8 Å². The van der Waals surface area contributed by atoms with E-state index in [9.17, 15) is 4.79 Å². The fraction of sp³-hybridized carbons (Fsp3) is 0.133. The van der Waals surface area contributed by atoms with E-state index in [0.717, 1.165) is 0 Å². The van der Waals surface area contributed by atoms with Gasteiger partial charge in [0.25, 0.3) is 5.91 Å². The van der Waals surface area contributed by atoms with Crippen LogP contribution in [0.4, 0.5) is 5.69 Å². The minimum Gasteiger partial charge on any atom is -0.481 e. The average molecular weight is 282 g/mol. The number of aromatic nitrogens is 2. The first kappa shape index (κ1) is 14.5. The van der Waals surface area contributed by atoms with Crippen LogP contribution in [0.2, 0.25) is 0 Å². The molecule has 0 saturated carbocycles. The lowest BCUT2D eigenvalue weighted by atomic mass is 10.2. The zero-order valence-corrected chi connectivity index (χ0v) is 11.5. The van der Waals surface area contributed by atoms with Gasteiger partial charge in [0.15, 0.2) is 0 Å². The maximum Gasteiger partial charge on any atom is 0.274 e. The number of hydrogen-bond acceptors (Lipinski definition) is 5. The minimum absolute atomic E-state index is 0.284. The molecule has 0 aliphatic rings. The van der Waals surface area contributed by atoms with Crippen LogP contribution in [0.25, 0.3) is 0 Å². The number of nitrogens with zero attached hydrogens (tertiary/aromatic N) is 2. The Labute approximate surface area is 122 Å². The van der Waals surface area contributed by atoms with Crippen LogP contribution in [0.1, 0.15) is 16.1 Å². The van der Waals surface area contributed by atoms with Crippen LogP contribution in [0.3, 0.4) is 0 Å². The first-order valence-corrected chi connectivity index (χ1v) is 6.19. The average Bonchev–Trinajstić information content (AvgIpc) is 2.54. The molecule has 0 unspecified atom stereocenters. The van der Waals surface area contributed by atoms with Crippen LogP contribution in [0.5, 0.6) is 5.88 Å². The van der Waals surface area contributed by atoms with Gasteiger partial charge in [-0.05, 0) is 18.2 Å². The van der Waals surface area contributed by atoms with Crippen LogP contribution in [-0.4, -0.2) is 29.5 Å². The Balaban J connectivity index is 2.05. The highest BCUT2D eigenvalue weighted by Gasteiger charge is 2.07. The number of methoxy groups -OCH3 is 1. The van der Waals surface area contributed by atoms with E-state index < -0.39 is 0 Å². The smallest absolute Gasteiger partial charge is 0.274 e. The third-order valence-electron chi connectivity index (χ3n) is 2.53. The Bertz CT molecular complexity index is 670. The second-order valence-corrected chi connectivity index (χ2v) is 3.98. The summed E-state index contributed by atoms with van der Waals surface area (Å²) in [7, 11) is 1.53. The van der Waals surface area contributed by atoms with E-state index >= 15 is 0 Å². The summed E-state index contributed by atoms with van der Waals surface area (Å²) in [6.07, 6.45) is 3.04. The minimum atomic E-state index is -0.319. The van der Waals surface area contributed by atoms with E-state index in [1.807, 2.05) is 0 Å². The Morgan fingerprint density at radius 2 is 2.14 bits per heavy atom. The molecule has 2 rings (SSSR count). The van der Waals surface area contributed by atoms with Crippen molar-refractivity contribution in [2.75, 3.05) is 19.0 Å². The van der Waals surface area contributed by atoms with Crippen molar-refractivity contribution in [3.63, 3.8) is 0 Å². The van der Waals surface area contributed by atoms with E-state index in [0.29, 0.717) is 22.8 Å². The lowest BCUT2D eigenvalue weighted by Crippen LogP contribution is -2.13. The molecule has 6 heteroatoms. The molecule has 0 fully saturated rings. The third kappa shape index (κ3) is 4.03. The molecule has 0 atom stereocenters. The lowest BCUT2D eigenvalue weighted by Gasteiger charge is -2.05. The first-order chi connectivity index (χ1) is 10.2. The molecule has 0 spiro atoms. The fourth-order valence-corrected chi connectivity index (χ4v) is 1.53. The van der Waals surface area contributed by atoms with Gasteiger partial charge in [0.2, 0.25) is 5.88 Å². The largest absolute Gasteiger partial charge is 0.481 e. The number of carbonyl (C=O) groups is 1. The normalized spacial score (nSPS) is 9.43. The Hall–Kier alpha value is -2.91. The summed E-state index contributed by atoms with van der Waals surface area (Å²) in [5, 5.41) is 2.70. The molecule has 0 aliphatic heterocycles. The molecule has 2 aromatic heterocycles. The zero-order valence-electron chi connectivity index (χ0n) is 11.5. The van der Waals surface area contributed by atoms with Crippen molar-refractivity contribution in [2.45, 2.75) is 0 Å². The molecular formula is C15H14N4O2. The Morgan fingerprint density at radius 3 is 2.71 bits per heavy atom. The number of nitrogens with two attached hydrogens (primary N) is 1. The van der Waals surface area contributed by atoms with Gasteiger partial charge in [0.1, 0.15) is 5.69 Å². The molecule has 2 aromatic rings. The van der Waals surface area contributed by atoms with Crippen molar-refractivity contribution in [1.82, 2.24) is 9.97 Å². The predicted molar refractivity (Wildman–Crippen MR) is 78.9 cm³/mol. The standard InChI is InChI=1S/C15H14N4O2/c1-21-14-7-5-12(10-18-14)19-15(20)13-6-4-11(9-17-13)3-2-8-16/h4-7,9-10H,8,16H2,1H3,(H,19,20). The molecule has 0 radical (unpaired) electrons. The quantitative estimate of drug-likeness (QED) is 0.821. The van der Waals surface area contributed by atoms with Gasteiger partial charge in [0.05, 0.1) is 25.5 Å². The van der Waals surface area contributed by atoms with Crippen molar-refractivity contribution >= 4 is 11.6 Å². The molecule has 0 saturated heterocycles. The first-order valence-electron chi connectivity index (χ1n) is 6.19. The van der Waals surface area contributed by atoms with E-state index in [1.165, 1.54) is 19.5 Å². The second-order valence-electron chi connectivity index (χ2n) is 3.98. The van der Waals surface area contributed by atoms with Gasteiger partial charge >= 0.3 is 0 Å². The monoisotopic (exact) mass is 282 g/mol. The number of nitrogens with one attached hydrogen (secondary N) is 1. The molecule has 21 heavy (non-hydrogen) atoms. The number of anilines is 1. The van der Waals surface area contributed by atoms with Crippen molar-refractivity contribution in [2.24, 2.45) is 5.73 Å². The van der Waals surface area contributed by atoms with Gasteiger partial charge in [0, 0.05) is 17.8 Å². The summed E-state index contributed by atoms with van der Waals surface area (Å²) in [6, 6.07) is 6.68. The van der Waals surface area contributed by atoms with Gasteiger partial charge in [-0.15, -0.1) is 0 Å².